The lowest BCUT2D eigenvalue weighted by atomic mass is 10.00. The molecule has 1 fully saturated rings. The van der Waals surface area contributed by atoms with Gasteiger partial charge in [0, 0.05) is 33.5 Å². The van der Waals surface area contributed by atoms with Crippen molar-refractivity contribution in [3.05, 3.63) is 35.9 Å². The van der Waals surface area contributed by atoms with Crippen LogP contribution in [0.4, 0.5) is 57.1 Å². The molecule has 1 aliphatic heterocycles. The molecule has 11 nitrogen and oxygen atoms in total. The summed E-state index contributed by atoms with van der Waals surface area (Å²) in [5, 5.41) is 0. The molecule has 0 amide bonds. The lowest BCUT2D eigenvalue weighted by Crippen LogP contribution is -2.66. The third-order valence-corrected chi connectivity index (χ3v) is 46.9. The average Bonchev–Trinajstić information content (AvgIpc) is 4.10. The van der Waals surface area contributed by atoms with Gasteiger partial charge in [0.15, 0.2) is 23.5 Å². The van der Waals surface area contributed by atoms with Crippen LogP contribution >= 0.6 is 0 Å². The van der Waals surface area contributed by atoms with E-state index in [1.165, 1.54) is 7.11 Å². The van der Waals surface area contributed by atoms with Crippen LogP contribution in [0.3, 0.4) is 0 Å². The SMILES string of the molecule is CO[Si](C)(O[Si](C)(CCCOCC(F)(C(F)C(F)(F)F)C(F)(F)F)O[Si](C)(C)CCCOCF)[SiH](C)O[Si](C)(CCCOCC1CO1)O[Si](C)(CC(C)c1ccccc1)O[Si](C)(C)CCCOCC(F)C(F)(F)F. The predicted octanol–water partition coefficient (Wildman–Crippen LogP) is 12.7. The number of benzene rings is 1. The second-order valence-electron chi connectivity index (χ2n) is 20.7. The molecule has 0 saturated carbocycles. The Morgan fingerprint density at radius 3 is 1.65 bits per heavy atom. The van der Waals surface area contributed by atoms with Crippen molar-refractivity contribution in [2.24, 2.45) is 0 Å². The summed E-state index contributed by atoms with van der Waals surface area (Å²) >= 11 is 0. The lowest BCUT2D eigenvalue weighted by molar-refractivity contribution is -0.312. The molecule has 2 rings (SSSR count). The summed E-state index contributed by atoms with van der Waals surface area (Å²) in [6.07, 6.45) is -24.4. The van der Waals surface area contributed by atoms with Crippen molar-refractivity contribution in [1.29, 1.82) is 0 Å². The zero-order chi connectivity index (χ0) is 56.5. The molecule has 10 atom stereocenters. The maximum atomic E-state index is 14.8. The molecule has 31 heteroatoms. The van der Waals surface area contributed by atoms with E-state index in [1.807, 2.05) is 76.2 Å². The molecule has 436 valence electrons. The molecule has 0 radical (unpaired) electrons. The van der Waals surface area contributed by atoms with Crippen molar-refractivity contribution in [2.45, 2.75) is 170 Å². The van der Waals surface area contributed by atoms with Gasteiger partial charge in [-0.15, -0.1) is 0 Å². The van der Waals surface area contributed by atoms with Crippen molar-refractivity contribution >= 4 is 59.0 Å². The van der Waals surface area contributed by atoms with E-state index in [0.29, 0.717) is 63.3 Å². The van der Waals surface area contributed by atoms with Crippen molar-refractivity contribution in [3.63, 3.8) is 0 Å². The normalized spacial score (nSPS) is 20.9. The van der Waals surface area contributed by atoms with Gasteiger partial charge >= 0.3 is 52.3 Å². The average molecular weight is 1220 g/mol. The Bertz CT molecular complexity index is 1750. The molecule has 1 saturated heterocycles. The molecule has 1 aromatic carbocycles. The van der Waals surface area contributed by atoms with Gasteiger partial charge in [-0.05, 0) is 126 Å². The fraction of sp³-hybridized carbons (Fsp3) is 0.860. The highest BCUT2D eigenvalue weighted by atomic mass is 29.3. The molecule has 74 heavy (non-hydrogen) atoms. The molecule has 1 heterocycles. The molecule has 0 bridgehead atoms. The van der Waals surface area contributed by atoms with E-state index in [2.05, 4.69) is 6.92 Å². The summed E-state index contributed by atoms with van der Waals surface area (Å²) in [7, 11) is -20.7. The van der Waals surface area contributed by atoms with Crippen molar-refractivity contribution in [1.82, 2.24) is 0 Å². The van der Waals surface area contributed by atoms with Crippen molar-refractivity contribution in [2.75, 3.05) is 66.8 Å². The Morgan fingerprint density at radius 2 is 1.15 bits per heavy atom. The summed E-state index contributed by atoms with van der Waals surface area (Å²) in [5.74, 6) is -0.0664. The van der Waals surface area contributed by atoms with E-state index >= 15 is 0 Å². The van der Waals surface area contributed by atoms with E-state index in [-0.39, 0.29) is 37.7 Å². The second kappa shape index (κ2) is 29.7. The molecule has 0 spiro atoms. The Labute approximate surface area is 436 Å². The monoisotopic (exact) mass is 1210 g/mol. The fourth-order valence-corrected chi connectivity index (χ4v) is 48.7. The first-order valence-corrected chi connectivity index (χ1v) is 44.2. The number of rotatable bonds is 39. The highest BCUT2D eigenvalue weighted by Gasteiger charge is 2.69. The van der Waals surface area contributed by atoms with Gasteiger partial charge in [0.05, 0.1) is 26.4 Å². The van der Waals surface area contributed by atoms with Gasteiger partial charge in [-0.25, -0.2) is 17.6 Å². The van der Waals surface area contributed by atoms with Gasteiger partial charge in [-0.3, -0.25) is 0 Å². The summed E-state index contributed by atoms with van der Waals surface area (Å²) in [6.45, 7) is 15.2. The van der Waals surface area contributed by atoms with Gasteiger partial charge < -0.3 is 48.7 Å². The van der Waals surface area contributed by atoms with Gasteiger partial charge in [-0.2, -0.15) is 39.5 Å². The predicted molar refractivity (Wildman–Crippen MR) is 270 cm³/mol. The topological polar surface area (TPSA) is 105 Å². The Hall–Kier alpha value is -0.612. The molecular weight excluding hydrogens is 1140 g/mol. The molecule has 0 aromatic heterocycles. The van der Waals surface area contributed by atoms with E-state index in [4.69, 9.17) is 48.7 Å². The summed E-state index contributed by atoms with van der Waals surface area (Å²) < 4.78 is 241. The van der Waals surface area contributed by atoms with Gasteiger partial charge in [0.25, 0.3) is 5.67 Å². The van der Waals surface area contributed by atoms with Crippen LogP contribution in [-0.4, -0.2) is 168 Å². The van der Waals surface area contributed by atoms with Crippen LogP contribution < -0.4 is 0 Å². The molecular formula is C43H79F13O11Si7. The Kier molecular flexibility index (Phi) is 27.9. The van der Waals surface area contributed by atoms with Gasteiger partial charge in [0.1, 0.15) is 6.10 Å². The van der Waals surface area contributed by atoms with Crippen LogP contribution in [0.15, 0.2) is 30.3 Å². The molecule has 1 aromatic rings. The number of alkyl halides is 13. The number of epoxide rings is 1. The van der Waals surface area contributed by atoms with E-state index < -0.39 is 122 Å². The number of ether oxygens (including phenoxy) is 5. The maximum Gasteiger partial charge on any atom is 0.428 e. The zero-order valence-corrected chi connectivity index (χ0v) is 51.6. The van der Waals surface area contributed by atoms with Gasteiger partial charge in [0.2, 0.25) is 20.9 Å². The Balaban J connectivity index is 2.53. The van der Waals surface area contributed by atoms with Crippen LogP contribution in [-0.2, 0) is 48.7 Å². The van der Waals surface area contributed by atoms with Crippen LogP contribution in [0.25, 0.3) is 0 Å². The van der Waals surface area contributed by atoms with Crippen LogP contribution in [0.2, 0.25) is 89.1 Å². The number of halogens is 13. The largest absolute Gasteiger partial charge is 0.436 e. The van der Waals surface area contributed by atoms with Crippen molar-refractivity contribution in [3.8, 4) is 0 Å². The zero-order valence-electron chi connectivity index (χ0n) is 44.4. The van der Waals surface area contributed by atoms with E-state index in [0.717, 1.165) is 5.56 Å². The Morgan fingerprint density at radius 1 is 0.649 bits per heavy atom. The summed E-state index contributed by atoms with van der Waals surface area (Å²) in [4.78, 5) is 0. The third-order valence-electron chi connectivity index (χ3n) is 12.3. The van der Waals surface area contributed by atoms with Crippen LogP contribution in [0, 0.1) is 0 Å². The van der Waals surface area contributed by atoms with E-state index in [1.54, 1.807) is 13.1 Å². The van der Waals surface area contributed by atoms with Crippen molar-refractivity contribution < 1.29 is 106 Å². The fourth-order valence-electron chi connectivity index (χ4n) is 8.43. The quantitative estimate of drug-likeness (QED) is 0.0272. The minimum Gasteiger partial charge on any atom is -0.436 e. The molecule has 10 unspecified atom stereocenters. The first-order chi connectivity index (χ1) is 33.9. The van der Waals surface area contributed by atoms with Gasteiger partial charge in [-0.1, -0.05) is 37.3 Å². The highest BCUT2D eigenvalue weighted by Crippen LogP contribution is 2.45. The van der Waals surface area contributed by atoms with E-state index in [9.17, 15) is 57.1 Å². The number of hydrogen-bond acceptors (Lipinski definition) is 11. The number of hydrogen-bond donors (Lipinski definition) is 0. The molecule has 0 N–H and O–H groups in total. The van der Waals surface area contributed by atoms with Crippen LogP contribution in [0.5, 0.6) is 0 Å². The highest BCUT2D eigenvalue weighted by molar-refractivity contribution is 7.26. The second-order valence-corrected chi connectivity index (χ2v) is 50.5. The maximum absolute atomic E-state index is 14.8. The minimum absolute atomic E-state index is 0.0196. The first kappa shape index (κ1) is 69.5. The summed E-state index contributed by atoms with van der Waals surface area (Å²) in [6, 6.07) is 11.5. The standard InChI is InChI=1S/C43H79F13O11Si7/c1-35(36-19-13-12-14-20-36)32-73(10,65-70(6,7)25-15-21-59-31-38(45)41(48,49)50)66-71(8,27-17-22-58-29-37-30-62-37)63-68(3)74(11,57-2)67-72(9,64-69(4,5)26-16-24-61-34-44)28-18-23-60-33-40(47,43(54,55)56)39(46)42(51,52)53/h12-14,19-20,35,37-39,68H,15-18,21-34H2,1-11H3. The molecule has 0 aliphatic carbocycles. The van der Waals surface area contributed by atoms with Crippen LogP contribution in [0.1, 0.15) is 44.1 Å². The smallest absolute Gasteiger partial charge is 0.428 e. The third kappa shape index (κ3) is 24.8. The molecule has 1 aliphatic rings. The minimum atomic E-state index is -6.25. The summed E-state index contributed by atoms with van der Waals surface area (Å²) in [5.41, 5.74) is -4.34. The first-order valence-electron chi connectivity index (χ1n) is 24.6. The lowest BCUT2D eigenvalue weighted by Gasteiger charge is -2.46.